The number of hydrogen-bond donors (Lipinski definition) is 1. The number of methoxy groups -OCH3 is 1. The molecule has 3 saturated carbocycles. The lowest BCUT2D eigenvalue weighted by molar-refractivity contribution is -0.0554. The van der Waals surface area contributed by atoms with Gasteiger partial charge in [-0.1, -0.05) is 26.3 Å². The first-order valence-corrected chi connectivity index (χ1v) is 13.4. The molecule has 2 heterocycles. The van der Waals surface area contributed by atoms with Crippen LogP contribution in [0, 0.1) is 16.6 Å². The number of ether oxygens (including phenoxy) is 1. The lowest BCUT2D eigenvalue weighted by atomic mass is 9.54. The Labute approximate surface area is 221 Å². The van der Waals surface area contributed by atoms with E-state index in [2.05, 4.69) is 38.9 Å². The molecule has 6 rings (SSSR count). The summed E-state index contributed by atoms with van der Waals surface area (Å²) in [7, 11) is 1.46. The summed E-state index contributed by atoms with van der Waals surface area (Å²) in [5, 5.41) is 19.6. The molecule has 7 nitrogen and oxygen atoms in total. The summed E-state index contributed by atoms with van der Waals surface area (Å²) in [6.45, 7) is 4.42. The molecule has 4 atom stereocenters. The average molecular weight is 522 g/mol. The number of halogens is 2. The van der Waals surface area contributed by atoms with E-state index in [9.17, 15) is 9.50 Å². The molecule has 3 aliphatic rings. The van der Waals surface area contributed by atoms with Gasteiger partial charge in [0.25, 0.3) is 0 Å². The lowest BCUT2D eigenvalue weighted by Crippen LogP contribution is -2.58. The third-order valence-electron chi connectivity index (χ3n) is 8.76. The van der Waals surface area contributed by atoms with Crippen molar-refractivity contribution in [1.82, 2.24) is 20.2 Å². The first-order valence-electron chi connectivity index (χ1n) is 13.4. The maximum atomic E-state index is 16.1. The molecule has 200 valence electrons. The Morgan fingerprint density at radius 3 is 2.55 bits per heavy atom. The van der Waals surface area contributed by atoms with E-state index in [0.29, 0.717) is 16.9 Å². The third kappa shape index (κ3) is 4.35. The van der Waals surface area contributed by atoms with Crippen LogP contribution in [0.4, 0.5) is 14.6 Å². The fraction of sp³-hybridized carbons (Fsp3) is 0.517. The van der Waals surface area contributed by atoms with Crippen molar-refractivity contribution >= 4 is 5.82 Å². The van der Waals surface area contributed by atoms with Crippen LogP contribution < -0.4 is 9.64 Å². The van der Waals surface area contributed by atoms with Crippen LogP contribution in [0.15, 0.2) is 36.7 Å². The van der Waals surface area contributed by atoms with Crippen LogP contribution in [-0.4, -0.2) is 50.6 Å². The first-order chi connectivity index (χ1) is 18.2. The number of nitrogens with zero attached hydrogens (tertiary/aromatic N) is 5. The fourth-order valence-corrected chi connectivity index (χ4v) is 6.92. The number of alkyl halides is 1. The van der Waals surface area contributed by atoms with Gasteiger partial charge in [-0.15, -0.1) is 10.2 Å². The van der Waals surface area contributed by atoms with Crippen molar-refractivity contribution < 1.29 is 18.6 Å². The number of benzene rings is 1. The Morgan fingerprint density at radius 1 is 1.05 bits per heavy atom. The van der Waals surface area contributed by atoms with Gasteiger partial charge in [0.1, 0.15) is 17.7 Å². The molecule has 2 aromatic heterocycles. The van der Waals surface area contributed by atoms with Gasteiger partial charge in [0.2, 0.25) is 5.88 Å². The second kappa shape index (κ2) is 9.13. The molecule has 9 heteroatoms. The Balaban J connectivity index is 1.28. The Morgan fingerprint density at radius 2 is 1.87 bits per heavy atom. The molecule has 0 radical (unpaired) electrons. The summed E-state index contributed by atoms with van der Waals surface area (Å²) in [5.41, 5.74) is 0.930. The van der Waals surface area contributed by atoms with Crippen LogP contribution >= 0.6 is 0 Å². The Kier molecular flexibility index (Phi) is 6.00. The molecule has 0 spiro atoms. The summed E-state index contributed by atoms with van der Waals surface area (Å²) in [4.78, 5) is 10.5. The summed E-state index contributed by atoms with van der Waals surface area (Å²) < 4.78 is 35.5. The molecule has 3 fully saturated rings. The predicted octanol–water partition coefficient (Wildman–Crippen LogP) is 6.12. The van der Waals surface area contributed by atoms with Crippen LogP contribution in [0.2, 0.25) is 0 Å². The molecule has 1 aromatic carbocycles. The molecule has 2 bridgehead atoms. The number of phenolic OH excluding ortho intramolecular Hbond substituents is 1. The minimum Gasteiger partial charge on any atom is -0.507 e. The zero-order chi connectivity index (χ0) is 26.7. The smallest absolute Gasteiger partial charge is 0.213 e. The van der Waals surface area contributed by atoms with Gasteiger partial charge in [-0.25, -0.2) is 18.7 Å². The summed E-state index contributed by atoms with van der Waals surface area (Å²) in [5.74, 6) is 0.473. The quantitative estimate of drug-likeness (QED) is 0.418. The van der Waals surface area contributed by atoms with E-state index in [1.54, 1.807) is 18.3 Å². The molecule has 0 saturated heterocycles. The molecule has 3 aliphatic carbocycles. The summed E-state index contributed by atoms with van der Waals surface area (Å²) >= 11 is 0. The van der Waals surface area contributed by atoms with E-state index < -0.39 is 12.0 Å². The van der Waals surface area contributed by atoms with Crippen LogP contribution in [0.3, 0.4) is 0 Å². The van der Waals surface area contributed by atoms with Gasteiger partial charge in [0.05, 0.1) is 31.1 Å². The zero-order valence-electron chi connectivity index (χ0n) is 22.0. The molecule has 1 N–H and O–H groups in total. The van der Waals surface area contributed by atoms with E-state index in [0.717, 1.165) is 51.1 Å². The van der Waals surface area contributed by atoms with E-state index in [1.807, 2.05) is 0 Å². The van der Waals surface area contributed by atoms with Gasteiger partial charge in [-0.05, 0) is 61.6 Å². The van der Waals surface area contributed by atoms with Gasteiger partial charge in [0.15, 0.2) is 11.6 Å². The number of anilines is 1. The lowest BCUT2D eigenvalue weighted by Gasteiger charge is -2.56. The van der Waals surface area contributed by atoms with E-state index in [4.69, 9.17) is 4.74 Å². The average Bonchev–Trinajstić information content (AvgIpc) is 3.73. The zero-order valence-corrected chi connectivity index (χ0v) is 22.0. The second-order valence-electron chi connectivity index (χ2n) is 11.9. The summed E-state index contributed by atoms with van der Waals surface area (Å²) in [6.07, 6.45) is 8.71. The van der Waals surface area contributed by atoms with Gasteiger partial charge in [0, 0.05) is 23.1 Å². The van der Waals surface area contributed by atoms with Crippen molar-refractivity contribution in [2.75, 3.05) is 12.0 Å². The number of phenols is 1. The van der Waals surface area contributed by atoms with Crippen molar-refractivity contribution in [3.63, 3.8) is 0 Å². The number of rotatable bonds is 6. The maximum Gasteiger partial charge on any atom is 0.213 e. The topological polar surface area (TPSA) is 84.3 Å². The first kappa shape index (κ1) is 24.9. The van der Waals surface area contributed by atoms with Crippen molar-refractivity contribution in [1.29, 1.82) is 0 Å². The number of pyridine rings is 1. The minimum atomic E-state index is -0.929. The highest BCUT2D eigenvalue weighted by Crippen LogP contribution is 2.58. The van der Waals surface area contributed by atoms with Gasteiger partial charge >= 0.3 is 0 Å². The third-order valence-corrected chi connectivity index (χ3v) is 8.76. The monoisotopic (exact) mass is 521 g/mol. The van der Waals surface area contributed by atoms with E-state index in [-0.39, 0.29) is 45.9 Å². The van der Waals surface area contributed by atoms with Crippen molar-refractivity contribution in [2.24, 2.45) is 10.8 Å². The Hall–Kier alpha value is -3.36. The highest BCUT2D eigenvalue weighted by atomic mass is 19.1. The van der Waals surface area contributed by atoms with Crippen molar-refractivity contribution in [3.05, 3.63) is 42.5 Å². The molecule has 0 amide bonds. The largest absolute Gasteiger partial charge is 0.507 e. The van der Waals surface area contributed by atoms with Gasteiger partial charge in [-0.3, -0.25) is 0 Å². The van der Waals surface area contributed by atoms with Gasteiger partial charge < -0.3 is 14.7 Å². The molecule has 38 heavy (non-hydrogen) atoms. The van der Waals surface area contributed by atoms with Crippen molar-refractivity contribution in [3.8, 4) is 34.1 Å². The molecule has 0 unspecified atom stereocenters. The van der Waals surface area contributed by atoms with E-state index >= 15 is 4.39 Å². The van der Waals surface area contributed by atoms with Crippen LogP contribution in [0.1, 0.15) is 58.8 Å². The normalized spacial score (nSPS) is 28.7. The fourth-order valence-electron chi connectivity index (χ4n) is 6.92. The SMILES string of the molecule is COc1cc(-c2ccc(-c3ncc(N(C4CC4)[C@@H]4C[C@@]5(C)CCC[C@](C)(C5)[C@@H]4F)nn3)c(O)c2)c(F)cn1. The number of aromatic hydroxyl groups is 1. The summed E-state index contributed by atoms with van der Waals surface area (Å²) in [6, 6.07) is 6.25. The van der Waals surface area contributed by atoms with Gasteiger partial charge in [-0.2, -0.15) is 0 Å². The molecule has 0 aliphatic heterocycles. The molecular weight excluding hydrogens is 488 g/mol. The van der Waals surface area contributed by atoms with Crippen LogP contribution in [-0.2, 0) is 0 Å². The Bertz CT molecular complexity index is 1350. The minimum absolute atomic E-state index is 0.101. The highest BCUT2D eigenvalue weighted by molar-refractivity contribution is 5.73. The molecular formula is C29H33F2N5O2. The van der Waals surface area contributed by atoms with Crippen molar-refractivity contribution in [2.45, 2.75) is 77.0 Å². The maximum absolute atomic E-state index is 16.1. The number of hydrogen-bond acceptors (Lipinski definition) is 7. The predicted molar refractivity (Wildman–Crippen MR) is 140 cm³/mol. The molecule has 3 aromatic rings. The number of aromatic nitrogens is 4. The van der Waals surface area contributed by atoms with Crippen LogP contribution in [0.25, 0.3) is 22.5 Å². The number of fused-ring (bicyclic) bond motifs is 2. The standard InChI is InChI=1S/C29H33F2N5O2/c1-28-9-4-10-29(2,16-28)26(31)22(13-28)36(18-6-7-18)24-15-33-27(35-34-24)19-8-5-17(11-23(19)37)20-12-25(38-3)32-14-21(20)30/h5,8,11-12,14-15,18,22,26,37H,4,6-7,9-10,13,16H2,1-3H3/t22-,26-,28-,29-/m1/s1. The highest BCUT2D eigenvalue weighted by Gasteiger charge is 2.56. The second-order valence-corrected chi connectivity index (χ2v) is 11.9. The van der Waals surface area contributed by atoms with E-state index in [1.165, 1.54) is 19.2 Å². The van der Waals surface area contributed by atoms with Crippen LogP contribution in [0.5, 0.6) is 11.6 Å².